The van der Waals surface area contributed by atoms with Crippen LogP contribution in [0.15, 0.2) is 52.3 Å². The van der Waals surface area contributed by atoms with Gasteiger partial charge in [0.05, 0.1) is 21.2 Å². The van der Waals surface area contributed by atoms with Crippen LogP contribution in [-0.2, 0) is 24.7 Å². The first-order chi connectivity index (χ1) is 15.7. The quantitative estimate of drug-likeness (QED) is 0.654. The molecule has 4 rings (SSSR count). The fraction of sp³-hybridized carbons (Fsp3) is 0.409. The minimum Gasteiger partial charge on any atom is -0.486 e. The number of sulfone groups is 1. The number of hydrogen-bond donors (Lipinski definition) is 1. The van der Waals surface area contributed by atoms with Gasteiger partial charge in [0, 0.05) is 25.1 Å². The van der Waals surface area contributed by atoms with Crippen LogP contribution < -0.4 is 14.8 Å². The summed E-state index contributed by atoms with van der Waals surface area (Å²) < 4.78 is 63.1. The van der Waals surface area contributed by atoms with Crippen molar-refractivity contribution in [3.05, 3.63) is 42.5 Å². The highest BCUT2D eigenvalue weighted by Gasteiger charge is 2.33. The Morgan fingerprint density at radius 1 is 1.00 bits per heavy atom. The molecule has 0 saturated carbocycles. The number of hydrogen-bond acceptors (Lipinski definition) is 7. The monoisotopic (exact) mass is 494 g/mol. The Morgan fingerprint density at radius 3 is 2.36 bits per heavy atom. The third kappa shape index (κ3) is 4.85. The number of sulfonamides is 1. The molecule has 0 spiro atoms. The SMILES string of the molecule is CCS(=O)(=O)c1ccccc1NC(=O)C1CCN(S(=O)(=O)c2ccc3c(c2)OCCO3)CC1. The average Bonchev–Trinajstić information content (AvgIpc) is 2.84. The van der Waals surface area contributed by atoms with Crippen molar-refractivity contribution in [3.8, 4) is 11.5 Å². The number of rotatable bonds is 6. The van der Waals surface area contributed by atoms with Crippen molar-refractivity contribution >= 4 is 31.5 Å². The molecule has 0 aliphatic carbocycles. The number of fused-ring (bicyclic) bond motifs is 1. The third-order valence-electron chi connectivity index (χ3n) is 5.84. The Balaban J connectivity index is 1.43. The van der Waals surface area contributed by atoms with Crippen molar-refractivity contribution in [2.24, 2.45) is 5.92 Å². The van der Waals surface area contributed by atoms with Crippen LogP contribution in [0.2, 0.25) is 0 Å². The number of para-hydroxylation sites is 1. The maximum Gasteiger partial charge on any atom is 0.243 e. The van der Waals surface area contributed by atoms with Gasteiger partial charge in [-0.3, -0.25) is 4.79 Å². The molecule has 0 unspecified atom stereocenters. The van der Waals surface area contributed by atoms with Crippen molar-refractivity contribution in [3.63, 3.8) is 0 Å². The molecule has 178 valence electrons. The maximum absolute atomic E-state index is 13.1. The third-order valence-corrected chi connectivity index (χ3v) is 9.52. The first-order valence-electron chi connectivity index (χ1n) is 10.7. The topological polar surface area (TPSA) is 119 Å². The van der Waals surface area contributed by atoms with Gasteiger partial charge in [-0.15, -0.1) is 0 Å². The van der Waals surface area contributed by atoms with E-state index >= 15 is 0 Å². The van der Waals surface area contributed by atoms with E-state index in [1.54, 1.807) is 31.2 Å². The summed E-state index contributed by atoms with van der Waals surface area (Å²) in [5, 5.41) is 2.72. The van der Waals surface area contributed by atoms with Crippen LogP contribution >= 0.6 is 0 Å². The Bertz CT molecular complexity index is 1250. The summed E-state index contributed by atoms with van der Waals surface area (Å²) in [4.78, 5) is 13.0. The molecule has 1 amide bonds. The molecule has 2 aromatic carbocycles. The molecule has 2 aliphatic rings. The van der Waals surface area contributed by atoms with Gasteiger partial charge >= 0.3 is 0 Å². The standard InChI is InChI=1S/C22H26N2O7S2/c1-2-32(26,27)21-6-4-3-5-18(21)23-22(25)16-9-11-24(12-10-16)33(28,29)17-7-8-19-20(15-17)31-14-13-30-19/h3-8,15-16H,2,9-14H2,1H3,(H,23,25). The van der Waals surface area contributed by atoms with E-state index in [0.717, 1.165) is 0 Å². The van der Waals surface area contributed by atoms with Gasteiger partial charge in [-0.05, 0) is 37.1 Å². The Morgan fingerprint density at radius 2 is 1.67 bits per heavy atom. The number of ether oxygens (including phenoxy) is 2. The molecule has 1 saturated heterocycles. The second kappa shape index (κ2) is 9.32. The molecule has 0 atom stereocenters. The number of nitrogens with one attached hydrogen (secondary N) is 1. The highest BCUT2D eigenvalue weighted by atomic mass is 32.2. The lowest BCUT2D eigenvalue weighted by Crippen LogP contribution is -2.41. The van der Waals surface area contributed by atoms with Crippen LogP contribution in [0, 0.1) is 5.92 Å². The predicted molar refractivity (Wildman–Crippen MR) is 122 cm³/mol. The fourth-order valence-electron chi connectivity index (χ4n) is 3.92. The average molecular weight is 495 g/mol. The zero-order valence-corrected chi connectivity index (χ0v) is 19.8. The number of nitrogens with zero attached hydrogens (tertiary/aromatic N) is 1. The van der Waals surface area contributed by atoms with Crippen LogP contribution in [0.25, 0.3) is 0 Å². The van der Waals surface area contributed by atoms with Gasteiger partial charge in [-0.2, -0.15) is 4.31 Å². The maximum atomic E-state index is 13.1. The molecule has 1 fully saturated rings. The van der Waals surface area contributed by atoms with Crippen molar-refractivity contribution in [1.82, 2.24) is 4.31 Å². The van der Waals surface area contributed by atoms with Gasteiger partial charge in [0.25, 0.3) is 0 Å². The molecular weight excluding hydrogens is 468 g/mol. The zero-order valence-electron chi connectivity index (χ0n) is 18.2. The van der Waals surface area contributed by atoms with E-state index in [2.05, 4.69) is 5.32 Å². The molecule has 2 heterocycles. The first kappa shape index (κ1) is 23.5. The normalized spacial score (nSPS) is 17.5. The summed E-state index contributed by atoms with van der Waals surface area (Å²) in [7, 11) is -7.24. The van der Waals surface area contributed by atoms with Crippen LogP contribution in [0.5, 0.6) is 11.5 Å². The van der Waals surface area contributed by atoms with E-state index < -0.39 is 25.8 Å². The van der Waals surface area contributed by atoms with Crippen LogP contribution in [0.4, 0.5) is 5.69 Å². The van der Waals surface area contributed by atoms with E-state index in [1.807, 2.05) is 0 Å². The highest BCUT2D eigenvalue weighted by molar-refractivity contribution is 7.91. The van der Waals surface area contributed by atoms with Crippen molar-refractivity contribution in [2.45, 2.75) is 29.6 Å². The molecule has 1 N–H and O–H groups in total. The number of carbonyl (C=O) groups is 1. The summed E-state index contributed by atoms with van der Waals surface area (Å²) in [5.74, 6) is 0.105. The van der Waals surface area contributed by atoms with Crippen LogP contribution in [0.1, 0.15) is 19.8 Å². The molecule has 0 radical (unpaired) electrons. The molecule has 0 aromatic heterocycles. The Hall–Kier alpha value is -2.63. The van der Waals surface area contributed by atoms with Gasteiger partial charge in [0.15, 0.2) is 21.3 Å². The number of carbonyl (C=O) groups excluding carboxylic acids is 1. The molecule has 2 aromatic rings. The Labute approximate surface area is 193 Å². The minimum atomic E-state index is -3.75. The van der Waals surface area contributed by atoms with E-state index in [4.69, 9.17) is 9.47 Å². The second-order valence-corrected chi connectivity index (χ2v) is 12.1. The highest BCUT2D eigenvalue weighted by Crippen LogP contribution is 2.34. The van der Waals surface area contributed by atoms with E-state index in [9.17, 15) is 21.6 Å². The van der Waals surface area contributed by atoms with Gasteiger partial charge in [0.2, 0.25) is 15.9 Å². The number of piperidine rings is 1. The lowest BCUT2D eigenvalue weighted by Gasteiger charge is -2.31. The minimum absolute atomic E-state index is 0.0734. The van der Waals surface area contributed by atoms with E-state index in [0.29, 0.717) is 37.6 Å². The predicted octanol–water partition coefficient (Wildman–Crippen LogP) is 2.29. The molecule has 33 heavy (non-hydrogen) atoms. The number of benzene rings is 2. The van der Waals surface area contributed by atoms with Gasteiger partial charge in [-0.25, -0.2) is 16.8 Å². The summed E-state index contributed by atoms with van der Waals surface area (Å²) in [6.07, 6.45) is 0.663. The fourth-order valence-corrected chi connectivity index (χ4v) is 6.46. The molecular formula is C22H26N2O7S2. The Kier molecular flexibility index (Phi) is 6.64. The smallest absolute Gasteiger partial charge is 0.243 e. The summed E-state index contributed by atoms with van der Waals surface area (Å²) >= 11 is 0. The first-order valence-corrected chi connectivity index (χ1v) is 13.8. The van der Waals surface area contributed by atoms with Crippen LogP contribution in [0.3, 0.4) is 0 Å². The summed E-state index contributed by atoms with van der Waals surface area (Å²) in [6, 6.07) is 10.8. The second-order valence-electron chi connectivity index (χ2n) is 7.87. The largest absolute Gasteiger partial charge is 0.486 e. The lowest BCUT2D eigenvalue weighted by atomic mass is 9.97. The number of anilines is 1. The zero-order chi connectivity index (χ0) is 23.6. The van der Waals surface area contributed by atoms with E-state index in [-0.39, 0.29) is 40.2 Å². The van der Waals surface area contributed by atoms with Gasteiger partial charge in [0.1, 0.15) is 13.2 Å². The molecule has 9 nitrogen and oxygen atoms in total. The molecule has 11 heteroatoms. The van der Waals surface area contributed by atoms with Crippen LogP contribution in [-0.4, -0.2) is 59.1 Å². The molecule has 0 bridgehead atoms. The summed E-state index contributed by atoms with van der Waals surface area (Å²) in [6.45, 7) is 2.70. The van der Waals surface area contributed by atoms with Crippen molar-refractivity contribution in [2.75, 3.05) is 37.4 Å². The van der Waals surface area contributed by atoms with Crippen molar-refractivity contribution in [1.29, 1.82) is 0 Å². The number of amides is 1. The molecule has 2 aliphatic heterocycles. The van der Waals surface area contributed by atoms with Gasteiger partial charge in [-0.1, -0.05) is 19.1 Å². The van der Waals surface area contributed by atoms with Crippen molar-refractivity contribution < 1.29 is 31.1 Å². The summed E-state index contributed by atoms with van der Waals surface area (Å²) in [5.41, 5.74) is 0.246. The lowest BCUT2D eigenvalue weighted by molar-refractivity contribution is -0.120. The van der Waals surface area contributed by atoms with E-state index in [1.165, 1.54) is 22.5 Å². The van der Waals surface area contributed by atoms with Gasteiger partial charge < -0.3 is 14.8 Å².